The van der Waals surface area contributed by atoms with Gasteiger partial charge in [-0.05, 0) is 56.2 Å². The zero-order valence-corrected chi connectivity index (χ0v) is 22.5. The van der Waals surface area contributed by atoms with Gasteiger partial charge >= 0.3 is 5.97 Å². The van der Waals surface area contributed by atoms with Crippen molar-refractivity contribution in [3.05, 3.63) is 47.0 Å². The van der Waals surface area contributed by atoms with E-state index in [1.54, 1.807) is 13.8 Å². The summed E-state index contributed by atoms with van der Waals surface area (Å²) >= 11 is 0. The molecule has 5 rings (SSSR count). The predicted octanol–water partition coefficient (Wildman–Crippen LogP) is 3.13. The van der Waals surface area contributed by atoms with Crippen molar-refractivity contribution < 1.29 is 34.4 Å². The largest absolute Gasteiger partial charge is 0.458 e. The Morgan fingerprint density at radius 3 is 2.35 bits per heavy atom. The van der Waals surface area contributed by atoms with Crippen LogP contribution in [0.4, 0.5) is 0 Å². The normalized spacial score (nSPS) is 42.6. The van der Waals surface area contributed by atoms with E-state index in [1.165, 1.54) is 0 Å². The summed E-state index contributed by atoms with van der Waals surface area (Å²) in [6, 6.07) is 9.69. The number of ketones is 1. The van der Waals surface area contributed by atoms with E-state index in [4.69, 9.17) is 9.47 Å². The molecule has 1 aromatic rings. The Morgan fingerprint density at radius 2 is 1.73 bits per heavy atom. The van der Waals surface area contributed by atoms with Gasteiger partial charge in [-0.3, -0.25) is 9.59 Å². The Hall–Kier alpha value is -2.06. The fourth-order valence-electron chi connectivity index (χ4n) is 7.73. The molecular weight excluding hydrogens is 472 g/mol. The number of carbonyl (C=O) groups is 2. The maximum atomic E-state index is 14.0. The van der Waals surface area contributed by atoms with E-state index in [0.717, 1.165) is 5.56 Å². The molecule has 0 spiro atoms. The zero-order chi connectivity index (χ0) is 27.0. The van der Waals surface area contributed by atoms with Crippen LogP contribution >= 0.6 is 0 Å². The Bertz CT molecular complexity index is 1130. The van der Waals surface area contributed by atoms with E-state index < -0.39 is 52.0 Å². The minimum atomic E-state index is -1.51. The molecular formula is C30H40O7. The average molecular weight is 513 g/mol. The van der Waals surface area contributed by atoms with Gasteiger partial charge in [-0.1, -0.05) is 44.2 Å². The van der Waals surface area contributed by atoms with E-state index in [9.17, 15) is 24.9 Å². The molecule has 2 saturated carbocycles. The second kappa shape index (κ2) is 8.73. The summed E-state index contributed by atoms with van der Waals surface area (Å²) in [6.07, 6.45) is -1.82. The Morgan fingerprint density at radius 1 is 1.05 bits per heavy atom. The first-order chi connectivity index (χ1) is 17.2. The first kappa shape index (κ1) is 26.5. The van der Waals surface area contributed by atoms with Gasteiger partial charge in [0.1, 0.15) is 12.2 Å². The van der Waals surface area contributed by atoms with Crippen LogP contribution in [0.3, 0.4) is 0 Å². The number of aryl methyl sites for hydroxylation is 1. The second-order valence-corrected chi connectivity index (χ2v) is 12.7. The second-order valence-electron chi connectivity index (χ2n) is 12.7. The highest BCUT2D eigenvalue weighted by Gasteiger charge is 2.69. The number of rotatable bonds is 4. The number of fused-ring (bicyclic) bond motifs is 5. The van der Waals surface area contributed by atoms with Crippen molar-refractivity contribution in [2.75, 3.05) is 6.61 Å². The van der Waals surface area contributed by atoms with Crippen LogP contribution in [0.2, 0.25) is 0 Å². The van der Waals surface area contributed by atoms with Gasteiger partial charge in [0.15, 0.2) is 5.78 Å². The molecule has 3 N–H and O–H groups in total. The van der Waals surface area contributed by atoms with Crippen molar-refractivity contribution in [2.24, 2.45) is 22.7 Å². The molecule has 1 unspecified atom stereocenters. The quantitative estimate of drug-likeness (QED) is 0.420. The molecule has 7 heteroatoms. The smallest absolute Gasteiger partial charge is 0.306 e. The van der Waals surface area contributed by atoms with Gasteiger partial charge in [-0.15, -0.1) is 0 Å². The van der Waals surface area contributed by atoms with Crippen LogP contribution in [-0.4, -0.2) is 63.2 Å². The van der Waals surface area contributed by atoms with Gasteiger partial charge < -0.3 is 24.8 Å². The van der Waals surface area contributed by atoms with E-state index in [2.05, 4.69) is 0 Å². The van der Waals surface area contributed by atoms with E-state index >= 15 is 0 Å². The third-order valence-electron chi connectivity index (χ3n) is 10.5. The number of esters is 1. The Labute approximate surface area is 218 Å². The maximum Gasteiger partial charge on any atom is 0.306 e. The van der Waals surface area contributed by atoms with Gasteiger partial charge in [0.05, 0.1) is 29.3 Å². The van der Waals surface area contributed by atoms with E-state index in [-0.39, 0.29) is 31.1 Å². The van der Waals surface area contributed by atoms with Crippen molar-refractivity contribution in [3.63, 3.8) is 0 Å². The van der Waals surface area contributed by atoms with Crippen molar-refractivity contribution in [3.8, 4) is 0 Å². The molecule has 3 fully saturated rings. The number of aliphatic hydroxyl groups is 3. The molecule has 1 saturated heterocycles. The van der Waals surface area contributed by atoms with Gasteiger partial charge in [0, 0.05) is 30.6 Å². The van der Waals surface area contributed by atoms with Crippen molar-refractivity contribution in [1.82, 2.24) is 0 Å². The van der Waals surface area contributed by atoms with Gasteiger partial charge in [0.25, 0.3) is 0 Å². The van der Waals surface area contributed by atoms with Crippen molar-refractivity contribution in [2.45, 2.75) is 96.2 Å². The van der Waals surface area contributed by atoms with Gasteiger partial charge in [0.2, 0.25) is 0 Å². The lowest BCUT2D eigenvalue weighted by molar-refractivity contribution is -0.287. The minimum Gasteiger partial charge on any atom is -0.458 e. The first-order valence-electron chi connectivity index (χ1n) is 13.5. The number of benzene rings is 1. The van der Waals surface area contributed by atoms with Gasteiger partial charge in [-0.2, -0.15) is 0 Å². The number of carbonyl (C=O) groups excluding carboxylic acids is 2. The van der Waals surface area contributed by atoms with Crippen molar-refractivity contribution in [1.29, 1.82) is 0 Å². The highest BCUT2D eigenvalue weighted by Crippen LogP contribution is 2.63. The third-order valence-corrected chi connectivity index (χ3v) is 10.5. The monoisotopic (exact) mass is 512 g/mol. The summed E-state index contributed by atoms with van der Waals surface area (Å²) in [5.74, 6) is -1.24. The van der Waals surface area contributed by atoms with Crippen LogP contribution in [0.15, 0.2) is 41.5 Å². The number of Topliss-reactive ketones (excluding diaryl/α,β-unsaturated/α-hetero) is 1. The molecule has 0 radical (unpaired) electrons. The molecule has 1 heterocycles. The van der Waals surface area contributed by atoms with E-state index in [1.807, 2.05) is 51.1 Å². The van der Waals surface area contributed by atoms with Crippen LogP contribution in [0.1, 0.15) is 65.9 Å². The first-order valence-corrected chi connectivity index (χ1v) is 13.5. The SMILES string of the molecule is CC1=C2[C@@H](O)C(=O)[C@@]3(C)[C@H](C[C@](O)(C[C@@H]1OC(=O)CCc1ccccc1)C2(C)C)C1CO[C@]1(C)C[C@@H]3O. The molecule has 7 nitrogen and oxygen atoms in total. The molecule has 1 aromatic carbocycles. The molecule has 1 aliphatic heterocycles. The molecule has 0 amide bonds. The summed E-state index contributed by atoms with van der Waals surface area (Å²) in [5.41, 5.74) is -2.06. The van der Waals surface area contributed by atoms with Crippen LogP contribution < -0.4 is 0 Å². The summed E-state index contributed by atoms with van der Waals surface area (Å²) in [7, 11) is 0. The lowest BCUT2D eigenvalue weighted by Crippen LogP contribution is -2.72. The summed E-state index contributed by atoms with van der Waals surface area (Å²) in [6.45, 7) is 9.62. The number of ether oxygens (including phenoxy) is 2. The molecule has 202 valence electrons. The molecule has 8 atom stereocenters. The number of aliphatic hydroxyl groups excluding tert-OH is 2. The lowest BCUT2D eigenvalue weighted by atomic mass is 9.45. The van der Waals surface area contributed by atoms with Crippen LogP contribution in [0.25, 0.3) is 0 Å². The lowest BCUT2D eigenvalue weighted by Gasteiger charge is -2.65. The highest BCUT2D eigenvalue weighted by atomic mass is 16.5. The fraction of sp³-hybridized carbons (Fsp3) is 0.667. The van der Waals surface area contributed by atoms with Crippen LogP contribution in [0, 0.1) is 22.7 Å². The maximum absolute atomic E-state index is 14.0. The van der Waals surface area contributed by atoms with Crippen molar-refractivity contribution >= 4 is 11.8 Å². The Balaban J connectivity index is 1.50. The standard InChI is InChI=1S/C30H40O7/c1-17-21(37-23(32)12-11-18-9-7-6-8-10-18)14-30(35)13-19-20-16-36-28(20,4)15-22(31)29(19,5)26(34)25(33)24(17)27(30,2)3/h6-10,19-22,25,31,33,35H,11-16H2,1-5H3/t19-,20?,21+,22+,25-,28-,29+,30+/m1/s1. The molecule has 0 aromatic heterocycles. The molecule has 3 aliphatic carbocycles. The third kappa shape index (κ3) is 3.84. The number of hydrogen-bond acceptors (Lipinski definition) is 7. The van der Waals surface area contributed by atoms with Crippen LogP contribution in [0.5, 0.6) is 0 Å². The number of hydrogen-bond donors (Lipinski definition) is 3. The van der Waals surface area contributed by atoms with Gasteiger partial charge in [-0.25, -0.2) is 0 Å². The average Bonchev–Trinajstić information content (AvgIpc) is 2.83. The predicted molar refractivity (Wildman–Crippen MR) is 136 cm³/mol. The summed E-state index contributed by atoms with van der Waals surface area (Å²) in [4.78, 5) is 26.9. The summed E-state index contributed by atoms with van der Waals surface area (Å²) < 4.78 is 11.8. The highest BCUT2D eigenvalue weighted by molar-refractivity contribution is 5.93. The fourth-order valence-corrected chi connectivity index (χ4v) is 7.73. The zero-order valence-electron chi connectivity index (χ0n) is 22.5. The van der Waals surface area contributed by atoms with Crippen LogP contribution in [-0.2, 0) is 25.5 Å². The molecule has 37 heavy (non-hydrogen) atoms. The van der Waals surface area contributed by atoms with E-state index in [0.29, 0.717) is 30.6 Å². The Kier molecular flexibility index (Phi) is 6.26. The summed E-state index contributed by atoms with van der Waals surface area (Å²) in [5, 5.41) is 35.1. The molecule has 2 bridgehead atoms. The topological polar surface area (TPSA) is 113 Å². The minimum absolute atomic E-state index is 0.0303. The molecule has 4 aliphatic rings.